The Balaban J connectivity index is 3.32. The van der Waals surface area contributed by atoms with Crippen LogP contribution in [0.3, 0.4) is 0 Å². The summed E-state index contributed by atoms with van der Waals surface area (Å²) in [4.78, 5) is 9.69. The molecule has 0 aromatic rings. The predicted octanol–water partition coefficient (Wildman–Crippen LogP) is 1.63. The summed E-state index contributed by atoms with van der Waals surface area (Å²) < 4.78 is 0. The van der Waals surface area contributed by atoms with Gasteiger partial charge in [0, 0.05) is 0 Å². The number of hydrogen-bond donors (Lipinski definition) is 1. The first-order valence-corrected chi connectivity index (χ1v) is 3.47. The summed E-state index contributed by atoms with van der Waals surface area (Å²) in [6.45, 7) is 1.96. The van der Waals surface area contributed by atoms with Crippen LogP contribution in [0.1, 0.15) is 19.8 Å². The minimum Gasteiger partial charge on any atom is -0.480 e. The van der Waals surface area contributed by atoms with Crippen LogP contribution in [0.5, 0.6) is 0 Å². The molecule has 0 aliphatic rings. The van der Waals surface area contributed by atoms with Gasteiger partial charge in [-0.1, -0.05) is 29.3 Å². The topological polar surface area (TPSA) is 37.3 Å². The van der Waals surface area contributed by atoms with Crippen LogP contribution in [-0.2, 0) is 4.79 Å². The van der Waals surface area contributed by atoms with Crippen molar-refractivity contribution in [3.05, 3.63) is 0 Å². The fraction of sp³-hybridized carbons (Fsp3) is 0.800. The van der Waals surface area contributed by atoms with Crippen LogP contribution in [0.15, 0.2) is 0 Å². The SMILES string of the molecule is CCC[C@H](Br)C(=O)O. The lowest BCUT2D eigenvalue weighted by atomic mass is 10.2. The molecule has 0 amide bonds. The molecule has 48 valence electrons. The highest BCUT2D eigenvalue weighted by molar-refractivity contribution is 9.10. The average Bonchev–Trinajstić information content (AvgIpc) is 1.67. The fourth-order valence-electron chi connectivity index (χ4n) is 0.377. The van der Waals surface area contributed by atoms with E-state index in [1.807, 2.05) is 6.92 Å². The molecular formula is C5H9BrO2. The normalized spacial score (nSPS) is 13.2. The summed E-state index contributed by atoms with van der Waals surface area (Å²) in [7, 11) is 0. The van der Waals surface area contributed by atoms with Gasteiger partial charge >= 0.3 is 5.97 Å². The highest BCUT2D eigenvalue weighted by Crippen LogP contribution is 2.06. The van der Waals surface area contributed by atoms with Gasteiger partial charge in [0.15, 0.2) is 0 Å². The van der Waals surface area contributed by atoms with E-state index in [0.717, 1.165) is 6.42 Å². The van der Waals surface area contributed by atoms with Gasteiger partial charge in [-0.05, 0) is 6.42 Å². The second-order valence-electron chi connectivity index (χ2n) is 1.59. The molecule has 0 saturated heterocycles. The van der Waals surface area contributed by atoms with Gasteiger partial charge in [-0.3, -0.25) is 4.79 Å². The van der Waals surface area contributed by atoms with Crippen LogP contribution >= 0.6 is 15.9 Å². The molecule has 1 N–H and O–H groups in total. The maximum absolute atomic E-state index is 10.0. The number of aliphatic carboxylic acids is 1. The van der Waals surface area contributed by atoms with Crippen LogP contribution < -0.4 is 0 Å². The first kappa shape index (κ1) is 7.95. The predicted molar refractivity (Wildman–Crippen MR) is 35.3 cm³/mol. The summed E-state index contributed by atoms with van der Waals surface area (Å²) in [5.74, 6) is -0.771. The van der Waals surface area contributed by atoms with Gasteiger partial charge in [0.25, 0.3) is 0 Å². The quantitative estimate of drug-likeness (QED) is 0.672. The lowest BCUT2D eigenvalue weighted by Gasteiger charge is -1.98. The highest BCUT2D eigenvalue weighted by atomic mass is 79.9. The summed E-state index contributed by atoms with van der Waals surface area (Å²) >= 11 is 3.00. The van der Waals surface area contributed by atoms with Gasteiger partial charge in [-0.2, -0.15) is 0 Å². The van der Waals surface area contributed by atoms with E-state index in [1.54, 1.807) is 0 Å². The summed E-state index contributed by atoms with van der Waals surface area (Å²) in [6.07, 6.45) is 1.61. The van der Waals surface area contributed by atoms with Gasteiger partial charge in [0.2, 0.25) is 0 Å². The fourth-order valence-corrected chi connectivity index (χ4v) is 0.835. The highest BCUT2D eigenvalue weighted by Gasteiger charge is 2.09. The lowest BCUT2D eigenvalue weighted by molar-refractivity contribution is -0.136. The first-order chi connectivity index (χ1) is 3.68. The van der Waals surface area contributed by atoms with E-state index < -0.39 is 5.97 Å². The molecule has 2 nitrogen and oxygen atoms in total. The van der Waals surface area contributed by atoms with E-state index in [1.165, 1.54) is 0 Å². The van der Waals surface area contributed by atoms with Crippen molar-refractivity contribution in [1.82, 2.24) is 0 Å². The zero-order chi connectivity index (χ0) is 6.57. The molecule has 0 spiro atoms. The van der Waals surface area contributed by atoms with Crippen LogP contribution in [0, 0.1) is 0 Å². The second kappa shape index (κ2) is 3.89. The van der Waals surface area contributed by atoms with Crippen molar-refractivity contribution in [2.24, 2.45) is 0 Å². The third kappa shape index (κ3) is 3.02. The number of hydrogen-bond acceptors (Lipinski definition) is 1. The Labute approximate surface area is 57.0 Å². The van der Waals surface area contributed by atoms with E-state index >= 15 is 0 Å². The number of halogens is 1. The third-order valence-corrected chi connectivity index (χ3v) is 1.66. The maximum atomic E-state index is 10.0. The Morgan fingerprint density at radius 1 is 1.88 bits per heavy atom. The summed E-state index contributed by atoms with van der Waals surface area (Å²) in [5.41, 5.74) is 0. The van der Waals surface area contributed by atoms with Crippen molar-refractivity contribution in [3.63, 3.8) is 0 Å². The van der Waals surface area contributed by atoms with E-state index in [9.17, 15) is 4.79 Å². The van der Waals surface area contributed by atoms with Crippen LogP contribution in [0.4, 0.5) is 0 Å². The van der Waals surface area contributed by atoms with E-state index in [-0.39, 0.29) is 4.83 Å². The lowest BCUT2D eigenvalue weighted by Crippen LogP contribution is -2.11. The molecule has 0 heterocycles. The molecule has 0 aromatic heterocycles. The number of carbonyl (C=O) groups is 1. The Morgan fingerprint density at radius 3 is 2.50 bits per heavy atom. The van der Waals surface area contributed by atoms with Gasteiger partial charge in [-0.15, -0.1) is 0 Å². The maximum Gasteiger partial charge on any atom is 0.317 e. The van der Waals surface area contributed by atoms with Crippen molar-refractivity contribution in [1.29, 1.82) is 0 Å². The Hall–Kier alpha value is -0.0500. The van der Waals surface area contributed by atoms with E-state index in [2.05, 4.69) is 15.9 Å². The van der Waals surface area contributed by atoms with Gasteiger partial charge in [0.1, 0.15) is 4.83 Å². The zero-order valence-electron chi connectivity index (χ0n) is 4.72. The Kier molecular flexibility index (Phi) is 3.87. The van der Waals surface area contributed by atoms with Gasteiger partial charge < -0.3 is 5.11 Å². The average molecular weight is 181 g/mol. The van der Waals surface area contributed by atoms with Crippen molar-refractivity contribution in [3.8, 4) is 0 Å². The van der Waals surface area contributed by atoms with E-state index in [4.69, 9.17) is 5.11 Å². The molecule has 0 rings (SSSR count). The molecular weight excluding hydrogens is 172 g/mol. The minimum absolute atomic E-state index is 0.354. The largest absolute Gasteiger partial charge is 0.480 e. The van der Waals surface area contributed by atoms with Crippen molar-refractivity contribution < 1.29 is 9.90 Å². The molecule has 3 heteroatoms. The number of alkyl halides is 1. The van der Waals surface area contributed by atoms with Gasteiger partial charge in [-0.25, -0.2) is 0 Å². The molecule has 0 aliphatic heterocycles. The molecule has 0 fully saturated rings. The summed E-state index contributed by atoms with van der Waals surface area (Å²) in [5, 5.41) is 8.27. The first-order valence-electron chi connectivity index (χ1n) is 2.55. The third-order valence-electron chi connectivity index (χ3n) is 0.810. The molecule has 0 bridgehead atoms. The molecule has 0 radical (unpaired) electrons. The number of rotatable bonds is 3. The number of carboxylic acids is 1. The van der Waals surface area contributed by atoms with Crippen molar-refractivity contribution in [2.45, 2.75) is 24.6 Å². The number of carboxylic acid groups (broad SMARTS) is 1. The van der Waals surface area contributed by atoms with Crippen LogP contribution in [0.2, 0.25) is 0 Å². The molecule has 0 saturated carbocycles. The van der Waals surface area contributed by atoms with Gasteiger partial charge in [0.05, 0.1) is 0 Å². The molecule has 1 atom stereocenters. The summed E-state index contributed by atoms with van der Waals surface area (Å²) in [6, 6.07) is 0. The zero-order valence-corrected chi connectivity index (χ0v) is 6.31. The van der Waals surface area contributed by atoms with Crippen LogP contribution in [-0.4, -0.2) is 15.9 Å². The van der Waals surface area contributed by atoms with Crippen molar-refractivity contribution >= 4 is 21.9 Å². The molecule has 0 aromatic carbocycles. The van der Waals surface area contributed by atoms with E-state index in [0.29, 0.717) is 6.42 Å². The molecule has 0 unspecified atom stereocenters. The standard InChI is InChI=1S/C5H9BrO2/c1-2-3-4(6)5(7)8/h4H,2-3H2,1H3,(H,7,8)/t4-/m0/s1. The molecule has 0 aliphatic carbocycles. The second-order valence-corrected chi connectivity index (χ2v) is 2.70. The Morgan fingerprint density at radius 2 is 2.38 bits per heavy atom. The molecule has 8 heavy (non-hydrogen) atoms. The monoisotopic (exact) mass is 180 g/mol. The Bertz CT molecular complexity index is 82.5. The minimum atomic E-state index is -0.771. The van der Waals surface area contributed by atoms with Crippen LogP contribution in [0.25, 0.3) is 0 Å². The van der Waals surface area contributed by atoms with Crippen molar-refractivity contribution in [2.75, 3.05) is 0 Å². The smallest absolute Gasteiger partial charge is 0.317 e.